The number of nitrogens with one attached hydrogen (secondary N) is 1. The van der Waals surface area contributed by atoms with E-state index in [-0.39, 0.29) is 5.38 Å². The summed E-state index contributed by atoms with van der Waals surface area (Å²) in [6.07, 6.45) is 0.932. The fraction of sp³-hybridized carbons (Fsp3) is 0.538. The third-order valence-electron chi connectivity index (χ3n) is 2.43. The predicted molar refractivity (Wildman–Crippen MR) is 69.0 cm³/mol. The summed E-state index contributed by atoms with van der Waals surface area (Å²) >= 11 is 6.02. The van der Waals surface area contributed by atoms with Crippen LogP contribution in [-0.4, -0.2) is 25.6 Å². The van der Waals surface area contributed by atoms with Gasteiger partial charge in [-0.25, -0.2) is 0 Å². The second-order valence-corrected chi connectivity index (χ2v) is 4.62. The van der Waals surface area contributed by atoms with Crippen molar-refractivity contribution in [2.45, 2.75) is 25.3 Å². The van der Waals surface area contributed by atoms with E-state index in [1.165, 1.54) is 11.1 Å². The average Bonchev–Trinajstić information content (AvgIpc) is 2.27. The van der Waals surface area contributed by atoms with Crippen molar-refractivity contribution in [2.75, 3.05) is 20.3 Å². The van der Waals surface area contributed by atoms with Crippen LogP contribution < -0.4 is 5.32 Å². The van der Waals surface area contributed by atoms with Crippen LogP contribution in [0.25, 0.3) is 0 Å². The van der Waals surface area contributed by atoms with Gasteiger partial charge < -0.3 is 10.1 Å². The first-order valence-electron chi connectivity index (χ1n) is 5.61. The number of halogens is 1. The van der Waals surface area contributed by atoms with Crippen molar-refractivity contribution < 1.29 is 4.74 Å². The highest BCUT2D eigenvalue weighted by Crippen LogP contribution is 2.04. The van der Waals surface area contributed by atoms with E-state index in [9.17, 15) is 0 Å². The molecule has 1 rings (SSSR count). The molecule has 2 nitrogen and oxygen atoms in total. The summed E-state index contributed by atoms with van der Waals surface area (Å²) in [7, 11) is 1.68. The molecule has 16 heavy (non-hydrogen) atoms. The van der Waals surface area contributed by atoms with Crippen LogP contribution in [0.1, 0.15) is 17.5 Å². The molecular formula is C13H20ClNO. The molecule has 0 amide bonds. The number of alkyl halides is 1. The van der Waals surface area contributed by atoms with Gasteiger partial charge in [0.2, 0.25) is 0 Å². The van der Waals surface area contributed by atoms with Crippen LogP contribution in [-0.2, 0) is 11.3 Å². The molecule has 90 valence electrons. The molecule has 0 spiro atoms. The molecule has 1 atom stereocenters. The number of methoxy groups -OCH3 is 1. The van der Waals surface area contributed by atoms with E-state index >= 15 is 0 Å². The van der Waals surface area contributed by atoms with Crippen LogP contribution in [0.4, 0.5) is 0 Å². The highest BCUT2D eigenvalue weighted by atomic mass is 35.5. The molecule has 0 aliphatic carbocycles. The second kappa shape index (κ2) is 7.66. The van der Waals surface area contributed by atoms with Gasteiger partial charge >= 0.3 is 0 Å². The van der Waals surface area contributed by atoms with E-state index < -0.39 is 0 Å². The Hall–Kier alpha value is -0.570. The van der Waals surface area contributed by atoms with Gasteiger partial charge in [-0.05, 0) is 25.5 Å². The minimum atomic E-state index is 0.107. The summed E-state index contributed by atoms with van der Waals surface area (Å²) in [5, 5.41) is 3.48. The van der Waals surface area contributed by atoms with Gasteiger partial charge in [-0.3, -0.25) is 0 Å². The molecule has 1 aromatic carbocycles. The molecule has 0 saturated carbocycles. The van der Waals surface area contributed by atoms with Crippen molar-refractivity contribution in [3.63, 3.8) is 0 Å². The van der Waals surface area contributed by atoms with Gasteiger partial charge in [-0.15, -0.1) is 11.6 Å². The average molecular weight is 242 g/mol. The minimum absolute atomic E-state index is 0.107. The maximum Gasteiger partial charge on any atom is 0.0626 e. The number of rotatable bonds is 7. The van der Waals surface area contributed by atoms with Crippen LogP contribution in [0.3, 0.4) is 0 Å². The Bertz CT molecular complexity index is 286. The Labute approximate surface area is 103 Å². The summed E-state index contributed by atoms with van der Waals surface area (Å²) in [6, 6.07) is 8.56. The molecule has 0 bridgehead atoms. The van der Waals surface area contributed by atoms with Crippen molar-refractivity contribution in [1.82, 2.24) is 5.32 Å². The smallest absolute Gasteiger partial charge is 0.0626 e. The summed E-state index contributed by atoms with van der Waals surface area (Å²) in [5.41, 5.74) is 2.60. The zero-order chi connectivity index (χ0) is 11.8. The lowest BCUT2D eigenvalue weighted by Gasteiger charge is -2.09. The SMILES string of the molecule is COCC(Cl)CCNCc1ccc(C)cc1. The maximum atomic E-state index is 6.02. The third kappa shape index (κ3) is 5.50. The fourth-order valence-electron chi connectivity index (χ4n) is 1.46. The molecule has 0 heterocycles. The number of hydrogen-bond donors (Lipinski definition) is 1. The van der Waals surface area contributed by atoms with E-state index in [1.54, 1.807) is 7.11 Å². The molecule has 0 radical (unpaired) electrons. The fourth-order valence-corrected chi connectivity index (χ4v) is 1.70. The quantitative estimate of drug-likeness (QED) is 0.586. The standard InChI is InChI=1S/C13H20ClNO/c1-11-3-5-12(6-4-11)9-15-8-7-13(14)10-16-2/h3-6,13,15H,7-10H2,1-2H3. The van der Waals surface area contributed by atoms with E-state index in [0.29, 0.717) is 6.61 Å². The van der Waals surface area contributed by atoms with Crippen LogP contribution >= 0.6 is 11.6 Å². The topological polar surface area (TPSA) is 21.3 Å². The summed E-state index contributed by atoms with van der Waals surface area (Å²) in [5.74, 6) is 0. The monoisotopic (exact) mass is 241 g/mol. The van der Waals surface area contributed by atoms with E-state index in [2.05, 4.69) is 36.5 Å². The highest BCUT2D eigenvalue weighted by molar-refractivity contribution is 6.20. The predicted octanol–water partition coefficient (Wildman–Crippen LogP) is 2.73. The molecule has 1 aromatic rings. The lowest BCUT2D eigenvalue weighted by atomic mass is 10.1. The Kier molecular flexibility index (Phi) is 6.46. The molecule has 0 saturated heterocycles. The van der Waals surface area contributed by atoms with Gasteiger partial charge in [0, 0.05) is 13.7 Å². The first-order valence-corrected chi connectivity index (χ1v) is 6.05. The largest absolute Gasteiger partial charge is 0.383 e. The van der Waals surface area contributed by atoms with E-state index in [1.807, 2.05) is 0 Å². The van der Waals surface area contributed by atoms with Gasteiger partial charge in [0.1, 0.15) is 0 Å². The van der Waals surface area contributed by atoms with Crippen molar-refractivity contribution >= 4 is 11.6 Å². The van der Waals surface area contributed by atoms with Crippen LogP contribution in [0.2, 0.25) is 0 Å². The number of benzene rings is 1. The van der Waals surface area contributed by atoms with Gasteiger partial charge in [0.05, 0.1) is 12.0 Å². The van der Waals surface area contributed by atoms with Crippen molar-refractivity contribution in [3.8, 4) is 0 Å². The second-order valence-electron chi connectivity index (χ2n) is 4.00. The van der Waals surface area contributed by atoms with Gasteiger partial charge in [0.15, 0.2) is 0 Å². The lowest BCUT2D eigenvalue weighted by Crippen LogP contribution is -2.20. The molecule has 0 aromatic heterocycles. The van der Waals surface area contributed by atoms with Crippen molar-refractivity contribution in [3.05, 3.63) is 35.4 Å². The first kappa shape index (κ1) is 13.5. The molecule has 0 aliphatic rings. The van der Waals surface area contributed by atoms with Gasteiger partial charge in [-0.1, -0.05) is 29.8 Å². The highest BCUT2D eigenvalue weighted by Gasteiger charge is 2.02. The van der Waals surface area contributed by atoms with Crippen LogP contribution in [0.15, 0.2) is 24.3 Å². The maximum absolute atomic E-state index is 6.02. The molecular weight excluding hydrogens is 222 g/mol. The Balaban J connectivity index is 2.13. The number of ether oxygens (including phenoxy) is 1. The molecule has 3 heteroatoms. The lowest BCUT2D eigenvalue weighted by molar-refractivity contribution is 0.195. The third-order valence-corrected chi connectivity index (χ3v) is 2.78. The van der Waals surface area contributed by atoms with E-state index in [0.717, 1.165) is 19.5 Å². The zero-order valence-corrected chi connectivity index (χ0v) is 10.8. The van der Waals surface area contributed by atoms with Crippen molar-refractivity contribution in [2.24, 2.45) is 0 Å². The first-order chi connectivity index (χ1) is 7.72. The minimum Gasteiger partial charge on any atom is -0.383 e. The number of hydrogen-bond acceptors (Lipinski definition) is 2. The van der Waals surface area contributed by atoms with Gasteiger partial charge in [0.25, 0.3) is 0 Å². The molecule has 0 aliphatic heterocycles. The Morgan fingerprint density at radius 2 is 2.00 bits per heavy atom. The van der Waals surface area contributed by atoms with E-state index in [4.69, 9.17) is 16.3 Å². The Morgan fingerprint density at radius 3 is 2.62 bits per heavy atom. The normalized spacial score (nSPS) is 12.7. The molecule has 0 fully saturated rings. The van der Waals surface area contributed by atoms with Gasteiger partial charge in [-0.2, -0.15) is 0 Å². The Morgan fingerprint density at radius 1 is 1.31 bits per heavy atom. The van der Waals surface area contributed by atoms with Crippen LogP contribution in [0.5, 0.6) is 0 Å². The molecule has 1 N–H and O–H groups in total. The number of aryl methyl sites for hydroxylation is 1. The molecule has 1 unspecified atom stereocenters. The van der Waals surface area contributed by atoms with Crippen molar-refractivity contribution in [1.29, 1.82) is 0 Å². The zero-order valence-electron chi connectivity index (χ0n) is 10.0. The van der Waals surface area contributed by atoms with Crippen LogP contribution in [0, 0.1) is 6.92 Å². The summed E-state index contributed by atoms with van der Waals surface area (Å²) in [6.45, 7) is 4.54. The summed E-state index contributed by atoms with van der Waals surface area (Å²) in [4.78, 5) is 0. The summed E-state index contributed by atoms with van der Waals surface area (Å²) < 4.78 is 4.97.